The number of carbonyl (C=O) groups excluding carboxylic acids is 2. The van der Waals surface area contributed by atoms with Crippen molar-refractivity contribution < 1.29 is 19.1 Å². The summed E-state index contributed by atoms with van der Waals surface area (Å²) in [4.78, 5) is 29.9. The molecule has 0 spiro atoms. The molecular weight excluding hydrogens is 693 g/mol. The Hall–Kier alpha value is -2.18. The summed E-state index contributed by atoms with van der Waals surface area (Å²) in [5.74, 6) is 0.494. The van der Waals surface area contributed by atoms with Gasteiger partial charge in [0.05, 0.1) is 26.1 Å². The third-order valence-corrected chi connectivity index (χ3v) is 11.2. The van der Waals surface area contributed by atoms with E-state index >= 15 is 0 Å². The van der Waals surface area contributed by atoms with E-state index in [0.29, 0.717) is 39.1 Å². The molecule has 0 aromatic carbocycles. The first kappa shape index (κ1) is 51.8. The van der Waals surface area contributed by atoms with E-state index in [0.717, 1.165) is 70.5 Å². The predicted octanol–water partition coefficient (Wildman–Crippen LogP) is 13.5. The molecule has 0 aliphatic carbocycles. The van der Waals surface area contributed by atoms with Gasteiger partial charge in [0.1, 0.15) is 0 Å². The highest BCUT2D eigenvalue weighted by Gasteiger charge is 2.19. The minimum Gasteiger partial charge on any atom is -0.466 e. The second-order valence-corrected chi connectivity index (χ2v) is 16.5. The van der Waals surface area contributed by atoms with Gasteiger partial charge in [0.2, 0.25) is 0 Å². The molecule has 0 amide bonds. The first-order valence-corrected chi connectivity index (χ1v) is 23.9. The van der Waals surface area contributed by atoms with Gasteiger partial charge in [-0.05, 0) is 129 Å². The molecule has 0 radical (unpaired) electrons. The molecule has 1 fully saturated rings. The van der Waals surface area contributed by atoms with E-state index in [1.54, 1.807) is 0 Å². The second-order valence-electron chi connectivity index (χ2n) is 16.5. The van der Waals surface area contributed by atoms with Crippen molar-refractivity contribution in [1.82, 2.24) is 9.80 Å². The summed E-state index contributed by atoms with van der Waals surface area (Å²) in [6, 6.07) is 0. The first-order valence-electron chi connectivity index (χ1n) is 23.9. The van der Waals surface area contributed by atoms with Gasteiger partial charge in [0.15, 0.2) is 0 Å². The molecule has 1 aliphatic rings. The van der Waals surface area contributed by atoms with Gasteiger partial charge < -0.3 is 19.3 Å². The van der Waals surface area contributed by atoms with Gasteiger partial charge in [-0.25, -0.2) is 0 Å². The maximum Gasteiger partial charge on any atom is 0.307 e. The number of nitrogens with zero attached hydrogens (tertiary/aromatic N) is 2. The number of hydrogen-bond donors (Lipinski definition) is 0. The summed E-state index contributed by atoms with van der Waals surface area (Å²) >= 11 is 0. The number of likely N-dealkylation sites (tertiary alicyclic amines) is 1. The van der Waals surface area contributed by atoms with Gasteiger partial charge in [-0.3, -0.25) is 9.59 Å². The number of piperidine rings is 1. The van der Waals surface area contributed by atoms with E-state index in [2.05, 4.69) is 79.3 Å². The van der Waals surface area contributed by atoms with Crippen LogP contribution in [0.25, 0.3) is 0 Å². The predicted molar refractivity (Wildman–Crippen MR) is 241 cm³/mol. The van der Waals surface area contributed by atoms with Crippen LogP contribution < -0.4 is 0 Å². The zero-order valence-corrected chi connectivity index (χ0v) is 37.2. The van der Waals surface area contributed by atoms with Gasteiger partial charge in [-0.15, -0.1) is 0 Å². The number of hydrogen-bond acceptors (Lipinski definition) is 6. The molecular formula is C50H90N2O4. The van der Waals surface area contributed by atoms with Crippen molar-refractivity contribution in [2.45, 2.75) is 200 Å². The third kappa shape index (κ3) is 36.2. The van der Waals surface area contributed by atoms with Crippen LogP contribution >= 0.6 is 0 Å². The minimum absolute atomic E-state index is 0.114. The fourth-order valence-electron chi connectivity index (χ4n) is 7.25. The Balaban J connectivity index is 2.14. The fraction of sp³-hybridized carbons (Fsp3) is 0.800. The van der Waals surface area contributed by atoms with Crippen LogP contribution in [0.3, 0.4) is 0 Å². The number of rotatable bonds is 39. The number of ether oxygens (including phenoxy) is 2. The molecule has 0 N–H and O–H groups in total. The molecule has 1 heterocycles. The summed E-state index contributed by atoms with van der Waals surface area (Å²) in [6.45, 7) is 10.1. The van der Waals surface area contributed by atoms with Crippen molar-refractivity contribution in [1.29, 1.82) is 0 Å². The highest BCUT2D eigenvalue weighted by Crippen LogP contribution is 2.20. The Morgan fingerprint density at radius 3 is 1.30 bits per heavy atom. The van der Waals surface area contributed by atoms with E-state index in [-0.39, 0.29) is 11.9 Å². The molecule has 324 valence electrons. The molecule has 0 atom stereocenters. The smallest absolute Gasteiger partial charge is 0.307 e. The van der Waals surface area contributed by atoms with Crippen LogP contribution in [0.5, 0.6) is 0 Å². The van der Waals surface area contributed by atoms with Crippen LogP contribution in [-0.2, 0) is 19.1 Å². The summed E-state index contributed by atoms with van der Waals surface area (Å²) in [6.07, 6.45) is 51.8. The van der Waals surface area contributed by atoms with Crippen molar-refractivity contribution in [2.24, 2.45) is 5.92 Å². The van der Waals surface area contributed by atoms with Crippen molar-refractivity contribution in [3.05, 3.63) is 48.6 Å². The van der Waals surface area contributed by atoms with Crippen molar-refractivity contribution in [2.75, 3.05) is 53.0 Å². The molecule has 1 rings (SSSR count). The maximum atomic E-state index is 12.6. The van der Waals surface area contributed by atoms with Crippen LogP contribution in [0.4, 0.5) is 0 Å². The fourth-order valence-corrected chi connectivity index (χ4v) is 7.25. The van der Waals surface area contributed by atoms with Gasteiger partial charge in [0, 0.05) is 13.1 Å². The van der Waals surface area contributed by atoms with Gasteiger partial charge in [-0.1, -0.05) is 140 Å². The molecule has 0 aromatic heterocycles. The lowest BCUT2D eigenvalue weighted by molar-refractivity contribution is -0.144. The average Bonchev–Trinajstić information content (AvgIpc) is 3.20. The van der Waals surface area contributed by atoms with Crippen LogP contribution in [-0.4, -0.2) is 74.7 Å². The Morgan fingerprint density at radius 1 is 0.518 bits per heavy atom. The second kappa shape index (κ2) is 41.0. The van der Waals surface area contributed by atoms with Gasteiger partial charge >= 0.3 is 11.9 Å². The van der Waals surface area contributed by atoms with Crippen molar-refractivity contribution >= 4 is 11.9 Å². The third-order valence-electron chi connectivity index (χ3n) is 11.2. The molecule has 6 heteroatoms. The van der Waals surface area contributed by atoms with Crippen LogP contribution in [0.1, 0.15) is 200 Å². The average molecular weight is 783 g/mol. The SMILES string of the molecule is CCCCC/C=C\C/C=C\CCCCCCCCOC(=O)CCN(CCC(=O)OCCCCCCCC/C=C\C/C=C\CCCCC)CCC1CCN(C)CC1. The van der Waals surface area contributed by atoms with E-state index in [1.807, 2.05) is 0 Å². The lowest BCUT2D eigenvalue weighted by atomic mass is 9.93. The van der Waals surface area contributed by atoms with Crippen molar-refractivity contribution in [3.63, 3.8) is 0 Å². The normalized spacial score (nSPS) is 14.4. The summed E-state index contributed by atoms with van der Waals surface area (Å²) < 4.78 is 11.2. The molecule has 1 saturated heterocycles. The van der Waals surface area contributed by atoms with E-state index in [9.17, 15) is 9.59 Å². The van der Waals surface area contributed by atoms with Crippen LogP contribution in [0.15, 0.2) is 48.6 Å². The number of unbranched alkanes of at least 4 members (excludes halogenated alkanes) is 18. The lowest BCUT2D eigenvalue weighted by Crippen LogP contribution is -2.34. The van der Waals surface area contributed by atoms with E-state index in [1.165, 1.54) is 128 Å². The quantitative estimate of drug-likeness (QED) is 0.0352. The Morgan fingerprint density at radius 2 is 0.893 bits per heavy atom. The number of esters is 2. The highest BCUT2D eigenvalue weighted by atomic mass is 16.5. The maximum absolute atomic E-state index is 12.6. The monoisotopic (exact) mass is 783 g/mol. The van der Waals surface area contributed by atoms with Gasteiger partial charge in [0.25, 0.3) is 0 Å². The molecule has 1 aliphatic heterocycles. The standard InChI is InChI=1S/C50H90N2O4/c1-4-6-8-10-12-14-16-18-20-22-24-26-28-30-32-34-46-55-49(53)39-44-52(43-38-48-36-41-51(3)42-37-48)45-40-50(54)56-47-35-33-31-29-27-25-23-21-19-17-15-13-11-9-7-5-2/h12-15,18-21,48H,4-11,16-17,22-47H2,1-3H3/b14-12-,15-13-,20-18-,21-19-. The molecule has 0 bridgehead atoms. The number of allylic oxidation sites excluding steroid dienone is 8. The van der Waals surface area contributed by atoms with Crippen molar-refractivity contribution in [3.8, 4) is 0 Å². The topological polar surface area (TPSA) is 59.1 Å². The molecule has 0 unspecified atom stereocenters. The minimum atomic E-state index is -0.114. The van der Waals surface area contributed by atoms with Crippen LogP contribution in [0, 0.1) is 5.92 Å². The summed E-state index contributed by atoms with van der Waals surface area (Å²) in [5.41, 5.74) is 0. The molecule has 56 heavy (non-hydrogen) atoms. The number of carbonyl (C=O) groups is 2. The zero-order chi connectivity index (χ0) is 40.4. The highest BCUT2D eigenvalue weighted by molar-refractivity contribution is 5.70. The first-order chi connectivity index (χ1) is 27.5. The molecule has 0 saturated carbocycles. The Labute approximate surface area is 347 Å². The molecule has 6 nitrogen and oxygen atoms in total. The van der Waals surface area contributed by atoms with Crippen LogP contribution in [0.2, 0.25) is 0 Å². The Kier molecular flexibility index (Phi) is 37.9. The largest absolute Gasteiger partial charge is 0.466 e. The van der Waals surface area contributed by atoms with E-state index < -0.39 is 0 Å². The summed E-state index contributed by atoms with van der Waals surface area (Å²) in [7, 11) is 2.20. The zero-order valence-electron chi connectivity index (χ0n) is 37.2. The molecule has 0 aromatic rings. The Bertz CT molecular complexity index is 931. The summed E-state index contributed by atoms with van der Waals surface area (Å²) in [5, 5.41) is 0. The van der Waals surface area contributed by atoms with Gasteiger partial charge in [-0.2, -0.15) is 0 Å². The lowest BCUT2D eigenvalue weighted by Gasteiger charge is -2.30. The van der Waals surface area contributed by atoms with E-state index in [4.69, 9.17) is 9.47 Å².